The first-order valence-electron chi connectivity index (χ1n) is 5.61. The highest BCUT2D eigenvalue weighted by Gasteiger charge is 2.46. The average molecular weight is 233 g/mol. The van der Waals surface area contributed by atoms with Gasteiger partial charge in [-0.05, 0) is 30.7 Å². The largest absolute Gasteiger partial charge is 0.366 e. The molecule has 1 fully saturated rings. The maximum atomic E-state index is 11.4. The van der Waals surface area contributed by atoms with Crippen molar-refractivity contribution < 1.29 is 9.59 Å². The zero-order valence-electron chi connectivity index (χ0n) is 9.69. The Kier molecular flexibility index (Phi) is 2.61. The Labute approximate surface area is 99.2 Å². The van der Waals surface area contributed by atoms with Crippen LogP contribution in [0.25, 0.3) is 0 Å². The molecule has 5 heteroatoms. The molecule has 1 heterocycles. The van der Waals surface area contributed by atoms with Gasteiger partial charge in [0.2, 0.25) is 5.91 Å². The minimum atomic E-state index is -0.608. The van der Waals surface area contributed by atoms with Crippen LogP contribution in [0.2, 0.25) is 0 Å². The number of primary amides is 2. The summed E-state index contributed by atoms with van der Waals surface area (Å²) in [4.78, 5) is 26.8. The topological polar surface area (TPSA) is 99.1 Å². The van der Waals surface area contributed by atoms with E-state index in [0.29, 0.717) is 11.1 Å². The van der Waals surface area contributed by atoms with E-state index in [1.165, 1.54) is 6.20 Å². The summed E-state index contributed by atoms with van der Waals surface area (Å²) in [6.45, 7) is 2.02. The molecular formula is C12H15N3O2. The summed E-state index contributed by atoms with van der Waals surface area (Å²) in [5.74, 6) is -1.15. The van der Waals surface area contributed by atoms with E-state index in [-0.39, 0.29) is 11.1 Å². The summed E-state index contributed by atoms with van der Waals surface area (Å²) in [6.07, 6.45) is 4.13. The van der Waals surface area contributed by atoms with E-state index in [9.17, 15) is 9.59 Å². The smallest absolute Gasteiger partial charge is 0.267 e. The quantitative estimate of drug-likeness (QED) is 0.801. The van der Waals surface area contributed by atoms with Gasteiger partial charge in [-0.25, -0.2) is 0 Å². The Balaban J connectivity index is 2.67. The van der Waals surface area contributed by atoms with Crippen LogP contribution in [0.1, 0.15) is 52.6 Å². The van der Waals surface area contributed by atoms with Gasteiger partial charge in [-0.15, -0.1) is 0 Å². The Morgan fingerprint density at radius 1 is 1.35 bits per heavy atom. The van der Waals surface area contributed by atoms with E-state index in [2.05, 4.69) is 4.98 Å². The van der Waals surface area contributed by atoms with Crippen LogP contribution >= 0.6 is 0 Å². The number of carbonyl (C=O) groups is 2. The molecule has 0 radical (unpaired) electrons. The fraction of sp³-hybridized carbons (Fsp3) is 0.417. The molecule has 4 N–H and O–H groups in total. The van der Waals surface area contributed by atoms with Gasteiger partial charge in [0.25, 0.3) is 5.91 Å². The molecule has 0 spiro atoms. The van der Waals surface area contributed by atoms with E-state index in [0.717, 1.165) is 19.3 Å². The number of nitrogens with zero attached hydrogens (tertiary/aromatic N) is 1. The second kappa shape index (κ2) is 3.84. The van der Waals surface area contributed by atoms with Gasteiger partial charge in [0.15, 0.2) is 0 Å². The highest BCUT2D eigenvalue weighted by molar-refractivity contribution is 6.00. The third-order valence-electron chi connectivity index (χ3n) is 3.51. The van der Waals surface area contributed by atoms with Gasteiger partial charge in [-0.3, -0.25) is 14.6 Å². The molecule has 1 aromatic heterocycles. The number of hydrogen-bond acceptors (Lipinski definition) is 3. The van der Waals surface area contributed by atoms with E-state index in [4.69, 9.17) is 11.5 Å². The molecule has 1 aliphatic carbocycles. The molecule has 90 valence electrons. The first-order valence-corrected chi connectivity index (χ1v) is 5.61. The van der Waals surface area contributed by atoms with Gasteiger partial charge >= 0.3 is 0 Å². The summed E-state index contributed by atoms with van der Waals surface area (Å²) < 4.78 is 0. The van der Waals surface area contributed by atoms with Crippen molar-refractivity contribution >= 4 is 11.8 Å². The Bertz CT molecular complexity index is 460. The van der Waals surface area contributed by atoms with E-state index < -0.39 is 11.8 Å². The third kappa shape index (κ3) is 1.77. The highest BCUT2D eigenvalue weighted by Crippen LogP contribution is 2.52. The maximum Gasteiger partial charge on any atom is 0.267 e. The van der Waals surface area contributed by atoms with Crippen LogP contribution in [-0.4, -0.2) is 16.8 Å². The lowest BCUT2D eigenvalue weighted by molar-refractivity contribution is 0.0993. The Morgan fingerprint density at radius 3 is 2.41 bits per heavy atom. The molecular weight excluding hydrogens is 218 g/mol. The number of hydrogen-bond donors (Lipinski definition) is 2. The monoisotopic (exact) mass is 233 g/mol. The molecule has 0 atom stereocenters. The van der Waals surface area contributed by atoms with Crippen molar-refractivity contribution in [1.82, 2.24) is 4.98 Å². The SMILES string of the molecule is CCC1(c2c(C(N)=O)ccnc2C(N)=O)CC1. The van der Waals surface area contributed by atoms with Gasteiger partial charge in [0.1, 0.15) is 5.69 Å². The maximum absolute atomic E-state index is 11.4. The van der Waals surface area contributed by atoms with Crippen LogP contribution in [0.15, 0.2) is 12.3 Å². The Hall–Kier alpha value is -1.91. The number of rotatable bonds is 4. The van der Waals surface area contributed by atoms with Gasteiger partial charge in [0.05, 0.1) is 0 Å². The lowest BCUT2D eigenvalue weighted by Gasteiger charge is -2.18. The molecule has 0 aromatic carbocycles. The molecule has 1 saturated carbocycles. The summed E-state index contributed by atoms with van der Waals surface area (Å²) in [6, 6.07) is 1.56. The number of nitrogens with two attached hydrogens (primary N) is 2. The zero-order chi connectivity index (χ0) is 12.6. The number of carbonyl (C=O) groups excluding carboxylic acids is 2. The molecule has 1 aromatic rings. The number of pyridine rings is 1. The fourth-order valence-electron chi connectivity index (χ4n) is 2.32. The van der Waals surface area contributed by atoms with Crippen LogP contribution in [0.3, 0.4) is 0 Å². The molecule has 17 heavy (non-hydrogen) atoms. The van der Waals surface area contributed by atoms with Crippen molar-refractivity contribution in [3.63, 3.8) is 0 Å². The van der Waals surface area contributed by atoms with Crippen LogP contribution < -0.4 is 11.5 Å². The van der Waals surface area contributed by atoms with Crippen LogP contribution in [0, 0.1) is 0 Å². The molecule has 5 nitrogen and oxygen atoms in total. The molecule has 0 bridgehead atoms. The molecule has 1 aliphatic rings. The normalized spacial score (nSPS) is 16.5. The van der Waals surface area contributed by atoms with Gasteiger partial charge in [0, 0.05) is 17.3 Å². The van der Waals surface area contributed by atoms with Crippen molar-refractivity contribution in [2.45, 2.75) is 31.6 Å². The van der Waals surface area contributed by atoms with Crippen molar-refractivity contribution in [3.8, 4) is 0 Å². The predicted molar refractivity (Wildman–Crippen MR) is 62.5 cm³/mol. The minimum absolute atomic E-state index is 0.136. The average Bonchev–Trinajstić information content (AvgIpc) is 3.08. The predicted octanol–water partition coefficient (Wildman–Crippen LogP) is 0.721. The van der Waals surface area contributed by atoms with Crippen molar-refractivity contribution in [3.05, 3.63) is 29.1 Å². The molecule has 2 amide bonds. The van der Waals surface area contributed by atoms with E-state index in [1.807, 2.05) is 6.92 Å². The lowest BCUT2D eigenvalue weighted by Crippen LogP contribution is -2.25. The van der Waals surface area contributed by atoms with Gasteiger partial charge in [-0.1, -0.05) is 6.92 Å². The van der Waals surface area contributed by atoms with Crippen LogP contribution in [0.4, 0.5) is 0 Å². The lowest BCUT2D eigenvalue weighted by atomic mass is 9.87. The first-order chi connectivity index (χ1) is 8.02. The summed E-state index contributed by atoms with van der Waals surface area (Å²) in [5, 5.41) is 0. The standard InChI is InChI=1S/C12H15N3O2/c1-2-12(4-5-12)8-7(10(13)16)3-6-15-9(8)11(14)17/h3,6H,2,4-5H2,1H3,(H2,13,16)(H2,14,17). The molecule has 0 unspecified atom stereocenters. The Morgan fingerprint density at radius 2 is 2.00 bits per heavy atom. The number of amides is 2. The third-order valence-corrected chi connectivity index (χ3v) is 3.51. The van der Waals surface area contributed by atoms with Crippen molar-refractivity contribution in [1.29, 1.82) is 0 Å². The fourth-order valence-corrected chi connectivity index (χ4v) is 2.32. The first kappa shape index (κ1) is 11.6. The van der Waals surface area contributed by atoms with Gasteiger partial charge < -0.3 is 11.5 Å². The molecule has 0 aliphatic heterocycles. The van der Waals surface area contributed by atoms with Crippen LogP contribution in [-0.2, 0) is 5.41 Å². The van der Waals surface area contributed by atoms with E-state index >= 15 is 0 Å². The second-order valence-corrected chi connectivity index (χ2v) is 4.44. The second-order valence-electron chi connectivity index (χ2n) is 4.44. The zero-order valence-corrected chi connectivity index (χ0v) is 9.69. The molecule has 0 saturated heterocycles. The van der Waals surface area contributed by atoms with Gasteiger partial charge in [-0.2, -0.15) is 0 Å². The van der Waals surface area contributed by atoms with Crippen molar-refractivity contribution in [2.75, 3.05) is 0 Å². The summed E-state index contributed by atoms with van der Waals surface area (Å²) in [5.41, 5.74) is 11.7. The highest BCUT2D eigenvalue weighted by atomic mass is 16.1. The summed E-state index contributed by atoms with van der Waals surface area (Å²) in [7, 11) is 0. The van der Waals surface area contributed by atoms with Crippen LogP contribution in [0.5, 0.6) is 0 Å². The minimum Gasteiger partial charge on any atom is -0.366 e. The molecule has 2 rings (SSSR count). The number of aromatic nitrogens is 1. The van der Waals surface area contributed by atoms with Crippen molar-refractivity contribution in [2.24, 2.45) is 11.5 Å². The van der Waals surface area contributed by atoms with E-state index in [1.54, 1.807) is 6.07 Å². The summed E-state index contributed by atoms with van der Waals surface area (Å²) >= 11 is 0.